The summed E-state index contributed by atoms with van der Waals surface area (Å²) in [7, 11) is 3.85. The summed E-state index contributed by atoms with van der Waals surface area (Å²) in [4.78, 5) is 4.53. The molecule has 0 aliphatic carbocycles. The molecule has 0 unspecified atom stereocenters. The van der Waals surface area contributed by atoms with Gasteiger partial charge in [-0.25, -0.2) is 4.98 Å². The summed E-state index contributed by atoms with van der Waals surface area (Å²) >= 11 is 0. The van der Waals surface area contributed by atoms with Crippen molar-refractivity contribution in [2.45, 2.75) is 6.92 Å². The molecule has 0 spiro atoms. The third-order valence-electron chi connectivity index (χ3n) is 3.40. The molecule has 5 nitrogen and oxygen atoms in total. The Bertz CT molecular complexity index is 735. The van der Waals surface area contributed by atoms with Crippen LogP contribution in [0.2, 0.25) is 0 Å². The van der Waals surface area contributed by atoms with Crippen LogP contribution in [0, 0.1) is 6.92 Å². The highest BCUT2D eigenvalue weighted by Crippen LogP contribution is 2.28. The van der Waals surface area contributed by atoms with Crippen LogP contribution in [0.5, 0.6) is 0 Å². The normalized spacial score (nSPS) is 11.3. The lowest BCUT2D eigenvalue weighted by Gasteiger charge is -2.01. The maximum Gasteiger partial charge on any atom is 0.129 e. The summed E-state index contributed by atoms with van der Waals surface area (Å²) in [5.41, 5.74) is 10.1. The van der Waals surface area contributed by atoms with Gasteiger partial charge in [0.1, 0.15) is 11.6 Å². The zero-order chi connectivity index (χ0) is 12.9. The number of nitrogen functional groups attached to an aromatic ring is 1. The van der Waals surface area contributed by atoms with Crippen molar-refractivity contribution in [2.24, 2.45) is 14.1 Å². The second-order valence-corrected chi connectivity index (χ2v) is 4.49. The summed E-state index contributed by atoms with van der Waals surface area (Å²) in [6.07, 6.45) is 1.78. The van der Waals surface area contributed by atoms with Crippen LogP contribution in [0.1, 0.15) is 5.82 Å². The van der Waals surface area contributed by atoms with Crippen LogP contribution in [0.15, 0.2) is 24.4 Å². The summed E-state index contributed by atoms with van der Waals surface area (Å²) < 4.78 is 3.74. The van der Waals surface area contributed by atoms with E-state index in [4.69, 9.17) is 5.73 Å². The quantitative estimate of drug-likeness (QED) is 0.707. The van der Waals surface area contributed by atoms with E-state index in [2.05, 4.69) is 32.8 Å². The molecule has 5 heteroatoms. The van der Waals surface area contributed by atoms with E-state index >= 15 is 0 Å². The van der Waals surface area contributed by atoms with Crippen molar-refractivity contribution >= 4 is 16.9 Å². The molecule has 0 aliphatic rings. The van der Waals surface area contributed by atoms with Crippen LogP contribution in [0.25, 0.3) is 22.2 Å². The lowest BCUT2D eigenvalue weighted by Crippen LogP contribution is -1.98. The molecular formula is C13H15N5. The minimum Gasteiger partial charge on any atom is -0.383 e. The zero-order valence-corrected chi connectivity index (χ0v) is 10.7. The SMILES string of the molecule is Cc1nc2cc(-c3cnn(C)c3N)ccc2n1C. The number of aromatic nitrogens is 4. The maximum absolute atomic E-state index is 5.99. The van der Waals surface area contributed by atoms with Gasteiger partial charge in [-0.1, -0.05) is 6.07 Å². The van der Waals surface area contributed by atoms with Crippen LogP contribution < -0.4 is 5.73 Å². The zero-order valence-electron chi connectivity index (χ0n) is 10.7. The molecule has 0 saturated carbocycles. The monoisotopic (exact) mass is 241 g/mol. The molecule has 3 rings (SSSR count). The Morgan fingerprint density at radius 1 is 1.22 bits per heavy atom. The van der Waals surface area contributed by atoms with Gasteiger partial charge in [0, 0.05) is 19.7 Å². The number of anilines is 1. The predicted molar refractivity (Wildman–Crippen MR) is 72.1 cm³/mol. The maximum atomic E-state index is 5.99. The third-order valence-corrected chi connectivity index (χ3v) is 3.40. The highest BCUT2D eigenvalue weighted by atomic mass is 15.3. The molecule has 0 bridgehead atoms. The minimum atomic E-state index is 0.669. The highest BCUT2D eigenvalue weighted by Gasteiger charge is 2.10. The third kappa shape index (κ3) is 1.40. The molecule has 0 radical (unpaired) electrons. The molecule has 1 aromatic carbocycles. The Hall–Kier alpha value is -2.30. The van der Waals surface area contributed by atoms with E-state index in [0.29, 0.717) is 5.82 Å². The molecule has 0 fully saturated rings. The number of hydrogen-bond donors (Lipinski definition) is 1. The largest absolute Gasteiger partial charge is 0.383 e. The number of nitrogens with zero attached hydrogens (tertiary/aromatic N) is 4. The molecule has 0 amide bonds. The van der Waals surface area contributed by atoms with Gasteiger partial charge in [-0.05, 0) is 24.6 Å². The van der Waals surface area contributed by atoms with Gasteiger partial charge in [0.15, 0.2) is 0 Å². The number of benzene rings is 1. The van der Waals surface area contributed by atoms with Crippen molar-refractivity contribution in [1.29, 1.82) is 0 Å². The number of hydrogen-bond acceptors (Lipinski definition) is 3. The van der Waals surface area contributed by atoms with Crippen molar-refractivity contribution < 1.29 is 0 Å². The van der Waals surface area contributed by atoms with E-state index in [1.807, 2.05) is 21.0 Å². The van der Waals surface area contributed by atoms with Crippen LogP contribution >= 0.6 is 0 Å². The molecule has 92 valence electrons. The number of fused-ring (bicyclic) bond motifs is 1. The Morgan fingerprint density at radius 2 is 2.00 bits per heavy atom. The van der Waals surface area contributed by atoms with Gasteiger partial charge in [-0.2, -0.15) is 5.10 Å². The van der Waals surface area contributed by atoms with E-state index in [1.165, 1.54) is 0 Å². The fourth-order valence-corrected chi connectivity index (χ4v) is 2.16. The standard InChI is InChI=1S/C13H15N5/c1-8-16-11-6-9(4-5-12(11)17(8)2)10-7-15-18(3)13(10)14/h4-7H,14H2,1-3H3. The van der Waals surface area contributed by atoms with Crippen LogP contribution in [0.3, 0.4) is 0 Å². The highest BCUT2D eigenvalue weighted by molar-refractivity contribution is 5.85. The average molecular weight is 241 g/mol. The summed E-state index contributed by atoms with van der Waals surface area (Å²) in [5, 5.41) is 4.16. The van der Waals surface area contributed by atoms with Gasteiger partial charge in [-0.3, -0.25) is 4.68 Å². The smallest absolute Gasteiger partial charge is 0.129 e. The van der Waals surface area contributed by atoms with Crippen LogP contribution in [0.4, 0.5) is 5.82 Å². The molecule has 18 heavy (non-hydrogen) atoms. The molecule has 0 saturated heterocycles. The van der Waals surface area contributed by atoms with E-state index in [0.717, 1.165) is 28.0 Å². The predicted octanol–water partition coefficient (Wildman–Crippen LogP) is 1.86. The first-order valence-corrected chi connectivity index (χ1v) is 5.79. The van der Waals surface area contributed by atoms with E-state index in [1.54, 1.807) is 10.9 Å². The fourth-order valence-electron chi connectivity index (χ4n) is 2.16. The molecule has 2 heterocycles. The number of aryl methyl sites for hydroxylation is 3. The molecule has 0 aliphatic heterocycles. The van der Waals surface area contributed by atoms with Gasteiger partial charge < -0.3 is 10.3 Å². The Morgan fingerprint density at radius 3 is 2.67 bits per heavy atom. The molecular weight excluding hydrogens is 226 g/mol. The lowest BCUT2D eigenvalue weighted by atomic mass is 10.1. The Balaban J connectivity index is 2.22. The second kappa shape index (κ2) is 3.60. The van der Waals surface area contributed by atoms with E-state index < -0.39 is 0 Å². The first-order valence-electron chi connectivity index (χ1n) is 5.79. The first-order chi connectivity index (χ1) is 8.58. The van der Waals surface area contributed by atoms with Crippen molar-refractivity contribution in [3.63, 3.8) is 0 Å². The van der Waals surface area contributed by atoms with E-state index in [-0.39, 0.29) is 0 Å². The van der Waals surface area contributed by atoms with Crippen molar-refractivity contribution in [3.8, 4) is 11.1 Å². The van der Waals surface area contributed by atoms with Crippen molar-refractivity contribution in [1.82, 2.24) is 19.3 Å². The molecule has 0 atom stereocenters. The summed E-state index contributed by atoms with van der Waals surface area (Å²) in [6.45, 7) is 2.00. The number of nitrogens with two attached hydrogens (primary N) is 1. The molecule has 3 aromatic rings. The van der Waals surface area contributed by atoms with Gasteiger partial charge >= 0.3 is 0 Å². The van der Waals surface area contributed by atoms with Crippen molar-refractivity contribution in [3.05, 3.63) is 30.2 Å². The summed E-state index contributed by atoms with van der Waals surface area (Å²) in [5.74, 6) is 1.67. The van der Waals surface area contributed by atoms with Crippen LogP contribution in [-0.4, -0.2) is 19.3 Å². The number of imidazole rings is 1. The molecule has 2 aromatic heterocycles. The Labute approximate surface area is 105 Å². The topological polar surface area (TPSA) is 61.7 Å². The van der Waals surface area contributed by atoms with E-state index in [9.17, 15) is 0 Å². The van der Waals surface area contributed by atoms with Crippen LogP contribution in [-0.2, 0) is 14.1 Å². The second-order valence-electron chi connectivity index (χ2n) is 4.49. The van der Waals surface area contributed by atoms with Gasteiger partial charge in [-0.15, -0.1) is 0 Å². The lowest BCUT2D eigenvalue weighted by molar-refractivity contribution is 0.779. The minimum absolute atomic E-state index is 0.669. The van der Waals surface area contributed by atoms with Crippen molar-refractivity contribution in [2.75, 3.05) is 5.73 Å². The number of rotatable bonds is 1. The van der Waals surface area contributed by atoms with Gasteiger partial charge in [0.2, 0.25) is 0 Å². The average Bonchev–Trinajstić information content (AvgIpc) is 2.82. The molecule has 2 N–H and O–H groups in total. The summed E-state index contributed by atoms with van der Waals surface area (Å²) in [6, 6.07) is 6.17. The Kier molecular flexibility index (Phi) is 2.16. The first kappa shape index (κ1) is 10.8. The van der Waals surface area contributed by atoms with Gasteiger partial charge in [0.25, 0.3) is 0 Å². The van der Waals surface area contributed by atoms with Gasteiger partial charge in [0.05, 0.1) is 17.2 Å². The fraction of sp³-hybridized carbons (Fsp3) is 0.231.